The number of benzene rings is 2. The highest BCUT2D eigenvalue weighted by molar-refractivity contribution is 6.30. The Bertz CT molecular complexity index is 933. The monoisotopic (exact) mass is 413 g/mol. The standard InChI is InChI=1S/C18H15ClF3N3O3/c1-27-17(26,9-25-11-23-10-24-25)15-7-6-14(8-16(15)18(20,21)22)28-13-4-2-12(19)3-5-13/h2-8,10-11,26H,9H2,1H3. The summed E-state index contributed by atoms with van der Waals surface area (Å²) in [6.07, 6.45) is -2.30. The minimum absolute atomic E-state index is 0.0578. The van der Waals surface area contributed by atoms with Crippen LogP contribution in [-0.2, 0) is 23.2 Å². The molecular formula is C18H15ClF3N3O3. The third-order valence-electron chi connectivity index (χ3n) is 3.95. The molecule has 1 atom stereocenters. The Kier molecular flexibility index (Phi) is 5.59. The minimum atomic E-state index is -4.76. The fourth-order valence-corrected chi connectivity index (χ4v) is 2.72. The van der Waals surface area contributed by atoms with E-state index in [1.165, 1.54) is 35.5 Å². The molecule has 10 heteroatoms. The molecule has 3 aromatic rings. The molecule has 0 aliphatic rings. The van der Waals surface area contributed by atoms with Crippen molar-refractivity contribution in [3.8, 4) is 11.5 Å². The van der Waals surface area contributed by atoms with Crippen LogP contribution in [0.2, 0.25) is 5.02 Å². The summed E-state index contributed by atoms with van der Waals surface area (Å²) < 4.78 is 52.7. The number of nitrogens with zero attached hydrogens (tertiary/aromatic N) is 3. The molecule has 0 saturated carbocycles. The van der Waals surface area contributed by atoms with E-state index >= 15 is 0 Å². The molecule has 0 aliphatic heterocycles. The quantitative estimate of drug-likeness (QED) is 0.612. The van der Waals surface area contributed by atoms with Crippen molar-refractivity contribution < 1.29 is 27.8 Å². The molecule has 28 heavy (non-hydrogen) atoms. The highest BCUT2D eigenvalue weighted by atomic mass is 35.5. The lowest BCUT2D eigenvalue weighted by Gasteiger charge is -2.29. The van der Waals surface area contributed by atoms with E-state index in [1.807, 2.05) is 0 Å². The first-order chi connectivity index (χ1) is 13.2. The summed E-state index contributed by atoms with van der Waals surface area (Å²) in [5.74, 6) is -2.02. The van der Waals surface area contributed by atoms with Gasteiger partial charge in [-0.3, -0.25) is 0 Å². The maximum Gasteiger partial charge on any atom is 0.417 e. The normalized spacial score (nSPS) is 13.9. The van der Waals surface area contributed by atoms with Gasteiger partial charge in [0.25, 0.3) is 0 Å². The summed E-state index contributed by atoms with van der Waals surface area (Å²) in [6.45, 7) is -0.385. The van der Waals surface area contributed by atoms with Gasteiger partial charge in [0.05, 0.1) is 5.56 Å². The van der Waals surface area contributed by atoms with Gasteiger partial charge in [-0.05, 0) is 42.5 Å². The Labute approximate surface area is 163 Å². The Morgan fingerprint density at radius 2 is 1.75 bits per heavy atom. The number of hydrogen-bond acceptors (Lipinski definition) is 5. The summed E-state index contributed by atoms with van der Waals surface area (Å²) in [5.41, 5.74) is -1.56. The molecule has 0 amide bonds. The molecular weight excluding hydrogens is 399 g/mol. The Morgan fingerprint density at radius 3 is 2.32 bits per heavy atom. The topological polar surface area (TPSA) is 69.4 Å². The number of hydrogen-bond donors (Lipinski definition) is 1. The Morgan fingerprint density at radius 1 is 1.07 bits per heavy atom. The number of aromatic nitrogens is 3. The van der Waals surface area contributed by atoms with Gasteiger partial charge in [-0.1, -0.05) is 11.6 Å². The number of alkyl halides is 3. The fourth-order valence-electron chi connectivity index (χ4n) is 2.59. The van der Waals surface area contributed by atoms with Crippen molar-refractivity contribution in [3.63, 3.8) is 0 Å². The van der Waals surface area contributed by atoms with Crippen molar-refractivity contribution in [2.75, 3.05) is 7.11 Å². The first kappa shape index (κ1) is 20.1. The molecule has 2 aromatic carbocycles. The minimum Gasteiger partial charge on any atom is -0.457 e. The molecule has 0 spiro atoms. The van der Waals surface area contributed by atoms with Crippen LogP contribution in [0.1, 0.15) is 11.1 Å². The average molecular weight is 414 g/mol. The van der Waals surface area contributed by atoms with Crippen molar-refractivity contribution in [2.24, 2.45) is 0 Å². The van der Waals surface area contributed by atoms with Crippen LogP contribution < -0.4 is 4.74 Å². The number of halogens is 4. The van der Waals surface area contributed by atoms with E-state index in [2.05, 4.69) is 10.1 Å². The maximum absolute atomic E-state index is 13.7. The van der Waals surface area contributed by atoms with Gasteiger partial charge in [0.2, 0.25) is 5.79 Å². The van der Waals surface area contributed by atoms with Gasteiger partial charge in [-0.15, -0.1) is 0 Å². The van der Waals surface area contributed by atoms with E-state index in [0.717, 1.165) is 19.2 Å². The van der Waals surface area contributed by atoms with Crippen LogP contribution in [0, 0.1) is 0 Å². The molecule has 1 heterocycles. The van der Waals surface area contributed by atoms with Gasteiger partial charge in [0.15, 0.2) is 0 Å². The van der Waals surface area contributed by atoms with Crippen molar-refractivity contribution in [2.45, 2.75) is 18.5 Å². The van der Waals surface area contributed by atoms with E-state index in [4.69, 9.17) is 21.1 Å². The van der Waals surface area contributed by atoms with Gasteiger partial charge < -0.3 is 14.6 Å². The van der Waals surface area contributed by atoms with Crippen molar-refractivity contribution in [1.29, 1.82) is 0 Å². The number of rotatable bonds is 6. The molecule has 1 aromatic heterocycles. The van der Waals surface area contributed by atoms with Crippen molar-refractivity contribution in [3.05, 3.63) is 71.3 Å². The van der Waals surface area contributed by atoms with Crippen LogP contribution in [0.4, 0.5) is 13.2 Å². The molecule has 0 bridgehead atoms. The van der Waals surface area contributed by atoms with Crippen molar-refractivity contribution in [1.82, 2.24) is 14.8 Å². The summed E-state index contributed by atoms with van der Waals surface area (Å²) in [4.78, 5) is 3.71. The van der Waals surface area contributed by atoms with E-state index in [9.17, 15) is 18.3 Å². The second-order valence-electron chi connectivity index (χ2n) is 5.84. The van der Waals surface area contributed by atoms with Crippen LogP contribution in [0.5, 0.6) is 11.5 Å². The maximum atomic E-state index is 13.7. The molecule has 6 nitrogen and oxygen atoms in total. The van der Waals surface area contributed by atoms with Crippen LogP contribution >= 0.6 is 11.6 Å². The summed E-state index contributed by atoms with van der Waals surface area (Å²) >= 11 is 5.79. The largest absolute Gasteiger partial charge is 0.457 e. The summed E-state index contributed by atoms with van der Waals surface area (Å²) in [7, 11) is 1.11. The SMILES string of the molecule is COC(O)(Cn1cncn1)c1ccc(Oc2ccc(Cl)cc2)cc1C(F)(F)F. The van der Waals surface area contributed by atoms with E-state index < -0.39 is 23.1 Å². The third kappa shape index (κ3) is 4.44. The van der Waals surface area contributed by atoms with Gasteiger partial charge in [0, 0.05) is 17.7 Å². The number of methoxy groups -OCH3 is 1. The highest BCUT2D eigenvalue weighted by Gasteiger charge is 2.42. The Balaban J connectivity index is 1.99. The predicted molar refractivity (Wildman–Crippen MR) is 93.9 cm³/mol. The van der Waals surface area contributed by atoms with Gasteiger partial charge in [-0.25, -0.2) is 9.67 Å². The molecule has 1 N–H and O–H groups in total. The van der Waals surface area contributed by atoms with E-state index in [0.29, 0.717) is 10.8 Å². The van der Waals surface area contributed by atoms with Crippen LogP contribution in [0.25, 0.3) is 0 Å². The Hall–Kier alpha value is -2.62. The zero-order chi connectivity index (χ0) is 20.4. The molecule has 0 saturated heterocycles. The molecule has 1 unspecified atom stereocenters. The second kappa shape index (κ2) is 7.78. The van der Waals surface area contributed by atoms with Gasteiger partial charge in [0.1, 0.15) is 30.7 Å². The molecule has 3 rings (SSSR count). The lowest BCUT2D eigenvalue weighted by Crippen LogP contribution is -2.36. The first-order valence-corrected chi connectivity index (χ1v) is 8.34. The van der Waals surface area contributed by atoms with Gasteiger partial charge >= 0.3 is 6.18 Å². The molecule has 0 fully saturated rings. The first-order valence-electron chi connectivity index (χ1n) is 7.96. The third-order valence-corrected chi connectivity index (χ3v) is 4.20. The highest BCUT2D eigenvalue weighted by Crippen LogP contribution is 2.40. The smallest absolute Gasteiger partial charge is 0.417 e. The average Bonchev–Trinajstić information content (AvgIpc) is 3.15. The number of aliphatic hydroxyl groups is 1. The zero-order valence-electron chi connectivity index (χ0n) is 14.5. The fraction of sp³-hybridized carbons (Fsp3) is 0.222. The van der Waals surface area contributed by atoms with Gasteiger partial charge in [-0.2, -0.15) is 18.3 Å². The molecule has 148 valence electrons. The van der Waals surface area contributed by atoms with E-state index in [1.54, 1.807) is 12.1 Å². The van der Waals surface area contributed by atoms with Crippen LogP contribution in [0.3, 0.4) is 0 Å². The van der Waals surface area contributed by atoms with E-state index in [-0.39, 0.29) is 12.3 Å². The van der Waals surface area contributed by atoms with Crippen molar-refractivity contribution >= 4 is 11.6 Å². The predicted octanol–water partition coefficient (Wildman–Crippen LogP) is 4.23. The van der Waals surface area contributed by atoms with Crippen LogP contribution in [0.15, 0.2) is 55.1 Å². The molecule has 0 radical (unpaired) electrons. The summed E-state index contributed by atoms with van der Waals surface area (Å²) in [5, 5.41) is 15.0. The second-order valence-corrected chi connectivity index (χ2v) is 6.28. The molecule has 0 aliphatic carbocycles. The zero-order valence-corrected chi connectivity index (χ0v) is 15.3. The lowest BCUT2D eigenvalue weighted by molar-refractivity contribution is -0.211. The number of ether oxygens (including phenoxy) is 2. The van der Waals surface area contributed by atoms with Crippen LogP contribution in [-0.4, -0.2) is 27.0 Å². The summed E-state index contributed by atoms with van der Waals surface area (Å²) in [6, 6.07) is 9.38. The lowest BCUT2D eigenvalue weighted by atomic mass is 9.98.